The average Bonchev–Trinajstić information content (AvgIpc) is 3.27. The van der Waals surface area contributed by atoms with E-state index in [4.69, 9.17) is 4.74 Å². The van der Waals surface area contributed by atoms with Crippen molar-refractivity contribution in [2.24, 2.45) is 0 Å². The number of carbonyl (C=O) groups is 2. The monoisotopic (exact) mass is 400 g/mol. The molecule has 0 N–H and O–H groups in total. The Hall–Kier alpha value is -1.45. The number of amides is 1. The van der Waals surface area contributed by atoms with E-state index in [0.717, 1.165) is 12.0 Å². The van der Waals surface area contributed by atoms with Gasteiger partial charge in [0.15, 0.2) is 6.61 Å². The lowest BCUT2D eigenvalue weighted by Gasteiger charge is -2.27. The highest BCUT2D eigenvalue weighted by Gasteiger charge is 2.39. The van der Waals surface area contributed by atoms with Gasteiger partial charge in [0.05, 0.1) is 5.75 Å². The van der Waals surface area contributed by atoms with Crippen LogP contribution in [0.5, 0.6) is 0 Å². The number of hydrogen-bond acceptors (Lipinski definition) is 6. The number of fused-ring (bicyclic) bond motifs is 1. The molecule has 1 unspecified atom stereocenters. The molecule has 1 fully saturated rings. The van der Waals surface area contributed by atoms with Gasteiger partial charge in [0.1, 0.15) is 6.04 Å². The van der Waals surface area contributed by atoms with Gasteiger partial charge in [-0.05, 0) is 42.7 Å². The molecular formula is C17H24N2O5S2. The maximum Gasteiger partial charge on any atom is 0.324 e. The summed E-state index contributed by atoms with van der Waals surface area (Å²) in [4.78, 5) is 27.7. The van der Waals surface area contributed by atoms with Crippen LogP contribution in [0.1, 0.15) is 36.6 Å². The minimum atomic E-state index is -3.45. The normalized spacial score (nSPS) is 20.8. The van der Waals surface area contributed by atoms with Crippen LogP contribution in [0.3, 0.4) is 0 Å². The third kappa shape index (κ3) is 4.10. The third-order valence-corrected chi connectivity index (χ3v) is 7.89. The molecule has 2 aliphatic rings. The van der Waals surface area contributed by atoms with Gasteiger partial charge in [-0.1, -0.05) is 6.92 Å². The Morgan fingerprint density at radius 2 is 2.15 bits per heavy atom. The summed E-state index contributed by atoms with van der Waals surface area (Å²) >= 11 is 1.69. The molecule has 1 atom stereocenters. The minimum absolute atomic E-state index is 0.0203. The molecular weight excluding hydrogens is 376 g/mol. The van der Waals surface area contributed by atoms with Gasteiger partial charge in [-0.3, -0.25) is 9.59 Å². The quantitative estimate of drug-likeness (QED) is 0.674. The predicted octanol–water partition coefficient (Wildman–Crippen LogP) is 1.38. The van der Waals surface area contributed by atoms with Crippen LogP contribution in [0.15, 0.2) is 11.4 Å². The van der Waals surface area contributed by atoms with Crippen LogP contribution in [0, 0.1) is 0 Å². The maximum atomic E-state index is 12.4. The largest absolute Gasteiger partial charge is 0.454 e. The molecule has 2 aliphatic heterocycles. The maximum absolute atomic E-state index is 12.4. The molecule has 1 amide bonds. The molecule has 144 valence electrons. The van der Waals surface area contributed by atoms with Gasteiger partial charge in [-0.2, -0.15) is 4.31 Å². The molecule has 0 radical (unpaired) electrons. The van der Waals surface area contributed by atoms with Crippen LogP contribution in [-0.4, -0.2) is 61.0 Å². The molecule has 1 aromatic heterocycles. The van der Waals surface area contributed by atoms with Crippen LogP contribution >= 0.6 is 11.3 Å². The van der Waals surface area contributed by atoms with Crippen LogP contribution in [0.25, 0.3) is 0 Å². The van der Waals surface area contributed by atoms with Crippen molar-refractivity contribution in [2.75, 3.05) is 25.4 Å². The zero-order valence-electron chi connectivity index (χ0n) is 14.8. The Morgan fingerprint density at radius 1 is 1.35 bits per heavy atom. The molecule has 9 heteroatoms. The molecule has 0 aliphatic carbocycles. The summed E-state index contributed by atoms with van der Waals surface area (Å²) in [6.45, 7) is 2.94. The topological polar surface area (TPSA) is 84.0 Å². The molecule has 26 heavy (non-hydrogen) atoms. The Bertz CT molecular complexity index is 774. The Morgan fingerprint density at radius 3 is 2.92 bits per heavy atom. The molecule has 3 heterocycles. The van der Waals surface area contributed by atoms with E-state index in [9.17, 15) is 18.0 Å². The molecule has 0 bridgehead atoms. The Kier molecular flexibility index (Phi) is 5.99. The van der Waals surface area contributed by atoms with Crippen molar-refractivity contribution in [3.63, 3.8) is 0 Å². The summed E-state index contributed by atoms with van der Waals surface area (Å²) in [6, 6.07) is 1.21. The molecule has 0 spiro atoms. The smallest absolute Gasteiger partial charge is 0.324 e. The van der Waals surface area contributed by atoms with E-state index in [-0.39, 0.29) is 18.3 Å². The predicted molar refractivity (Wildman–Crippen MR) is 98.2 cm³/mol. The first kappa shape index (κ1) is 19.3. The van der Waals surface area contributed by atoms with Gasteiger partial charge < -0.3 is 9.64 Å². The van der Waals surface area contributed by atoms with Crippen LogP contribution in [0.4, 0.5) is 0 Å². The number of carbonyl (C=O) groups excluding carboxylic acids is 2. The second-order valence-corrected chi connectivity index (χ2v) is 9.67. The van der Waals surface area contributed by atoms with Crippen LogP contribution in [0.2, 0.25) is 0 Å². The van der Waals surface area contributed by atoms with Crippen molar-refractivity contribution in [2.45, 2.75) is 45.2 Å². The zero-order chi connectivity index (χ0) is 18.7. The molecule has 1 aromatic rings. The first-order valence-electron chi connectivity index (χ1n) is 8.91. The fraction of sp³-hybridized carbons (Fsp3) is 0.647. The van der Waals surface area contributed by atoms with Crippen molar-refractivity contribution in [1.82, 2.24) is 9.21 Å². The lowest BCUT2D eigenvalue weighted by Crippen LogP contribution is -2.44. The molecule has 0 saturated carbocycles. The minimum Gasteiger partial charge on any atom is -0.454 e. The number of thiophene rings is 1. The summed E-state index contributed by atoms with van der Waals surface area (Å²) in [5, 5.41) is 2.02. The van der Waals surface area contributed by atoms with Crippen LogP contribution in [-0.2, 0) is 37.3 Å². The number of esters is 1. The van der Waals surface area contributed by atoms with E-state index < -0.39 is 22.0 Å². The number of nitrogens with zero attached hydrogens (tertiary/aromatic N) is 2. The molecule has 1 saturated heterocycles. The fourth-order valence-electron chi connectivity index (χ4n) is 3.47. The number of rotatable bonds is 6. The lowest BCUT2D eigenvalue weighted by molar-refractivity contribution is -0.155. The highest BCUT2D eigenvalue weighted by Crippen LogP contribution is 2.25. The SMILES string of the molecule is CCCS(=O)(=O)N1CCCC1C(=O)OCC(=O)N1CCc2sccc2C1. The highest BCUT2D eigenvalue weighted by atomic mass is 32.2. The molecule has 7 nitrogen and oxygen atoms in total. The summed E-state index contributed by atoms with van der Waals surface area (Å²) in [5.41, 5.74) is 1.15. The summed E-state index contributed by atoms with van der Waals surface area (Å²) < 4.78 is 31.0. The zero-order valence-corrected chi connectivity index (χ0v) is 16.5. The van der Waals surface area contributed by atoms with Gasteiger partial charge in [-0.25, -0.2) is 8.42 Å². The second kappa shape index (κ2) is 8.06. The second-order valence-electron chi connectivity index (χ2n) is 6.63. The number of sulfonamides is 1. The van der Waals surface area contributed by atoms with E-state index in [0.29, 0.717) is 38.9 Å². The summed E-state index contributed by atoms with van der Waals surface area (Å²) in [5.74, 6) is -0.841. The lowest BCUT2D eigenvalue weighted by atomic mass is 10.1. The van der Waals surface area contributed by atoms with E-state index in [1.54, 1.807) is 23.2 Å². The number of hydrogen-bond donors (Lipinski definition) is 0. The van der Waals surface area contributed by atoms with E-state index in [2.05, 4.69) is 0 Å². The fourth-order valence-corrected chi connectivity index (χ4v) is 6.09. The van der Waals surface area contributed by atoms with Crippen molar-refractivity contribution in [3.8, 4) is 0 Å². The van der Waals surface area contributed by atoms with Gasteiger partial charge in [0, 0.05) is 24.5 Å². The van der Waals surface area contributed by atoms with Crippen molar-refractivity contribution < 1.29 is 22.7 Å². The molecule has 3 rings (SSSR count). The van der Waals surface area contributed by atoms with E-state index in [1.165, 1.54) is 9.18 Å². The van der Waals surface area contributed by atoms with Gasteiger partial charge in [-0.15, -0.1) is 11.3 Å². The van der Waals surface area contributed by atoms with Crippen molar-refractivity contribution in [1.29, 1.82) is 0 Å². The number of ether oxygens (including phenoxy) is 1. The average molecular weight is 401 g/mol. The Labute approximate surface area is 158 Å². The Balaban J connectivity index is 1.54. The first-order valence-corrected chi connectivity index (χ1v) is 11.4. The van der Waals surface area contributed by atoms with Gasteiger partial charge in [0.2, 0.25) is 10.0 Å². The first-order chi connectivity index (χ1) is 12.4. The van der Waals surface area contributed by atoms with Gasteiger partial charge in [0.25, 0.3) is 5.91 Å². The standard InChI is InChI=1S/C17H24N2O5S2/c1-2-10-26(22,23)19-7-3-4-14(19)17(21)24-12-16(20)18-8-5-15-13(11-18)6-9-25-15/h6,9,14H,2-5,7-8,10-12H2,1H3. The highest BCUT2D eigenvalue weighted by molar-refractivity contribution is 7.89. The van der Waals surface area contributed by atoms with Gasteiger partial charge >= 0.3 is 5.97 Å². The van der Waals surface area contributed by atoms with Crippen LogP contribution < -0.4 is 0 Å². The third-order valence-electron chi connectivity index (χ3n) is 4.79. The summed E-state index contributed by atoms with van der Waals surface area (Å²) in [7, 11) is -3.45. The van der Waals surface area contributed by atoms with Crippen molar-refractivity contribution >= 4 is 33.2 Å². The van der Waals surface area contributed by atoms with Crippen molar-refractivity contribution in [3.05, 3.63) is 21.9 Å². The summed E-state index contributed by atoms with van der Waals surface area (Å²) in [6.07, 6.45) is 2.39. The molecule has 0 aromatic carbocycles. The van der Waals surface area contributed by atoms with E-state index >= 15 is 0 Å². The van der Waals surface area contributed by atoms with E-state index in [1.807, 2.05) is 11.4 Å².